The summed E-state index contributed by atoms with van der Waals surface area (Å²) in [5.41, 5.74) is 3.89. The second-order valence-corrected chi connectivity index (χ2v) is 5.47. The largest absolute Gasteiger partial charge is 0.278 e. The summed E-state index contributed by atoms with van der Waals surface area (Å²) in [6.07, 6.45) is 1.78. The van der Waals surface area contributed by atoms with Crippen LogP contribution in [0.1, 0.15) is 10.4 Å². The van der Waals surface area contributed by atoms with E-state index in [1.54, 1.807) is 12.3 Å². The number of H-pyrrole nitrogens is 1. The SMILES string of the molecule is CONC(=O)c1ccccc1Sc1ccc2cn[nH]c2c1. The molecule has 5 nitrogen and oxygen atoms in total. The third-order valence-corrected chi connectivity index (χ3v) is 4.03. The number of carbonyl (C=O) groups excluding carboxylic acids is 1. The van der Waals surface area contributed by atoms with Crippen LogP contribution < -0.4 is 5.48 Å². The molecule has 2 aromatic carbocycles. The molecule has 1 aromatic heterocycles. The maximum absolute atomic E-state index is 12.0. The molecule has 0 radical (unpaired) electrons. The van der Waals surface area contributed by atoms with Gasteiger partial charge in [0.05, 0.1) is 24.4 Å². The van der Waals surface area contributed by atoms with Crippen LogP contribution >= 0.6 is 11.8 Å². The summed E-state index contributed by atoms with van der Waals surface area (Å²) in [6, 6.07) is 13.4. The van der Waals surface area contributed by atoms with E-state index in [2.05, 4.69) is 20.5 Å². The Morgan fingerprint density at radius 1 is 1.29 bits per heavy atom. The van der Waals surface area contributed by atoms with Crippen molar-refractivity contribution in [2.75, 3.05) is 7.11 Å². The van der Waals surface area contributed by atoms with Gasteiger partial charge in [-0.05, 0) is 24.3 Å². The Labute approximate surface area is 125 Å². The fourth-order valence-corrected chi connectivity index (χ4v) is 2.98. The quantitative estimate of drug-likeness (QED) is 0.727. The molecule has 1 amide bonds. The van der Waals surface area contributed by atoms with Crippen LogP contribution in [0.5, 0.6) is 0 Å². The van der Waals surface area contributed by atoms with Crippen molar-refractivity contribution < 1.29 is 9.63 Å². The fourth-order valence-electron chi connectivity index (χ4n) is 2.00. The summed E-state index contributed by atoms with van der Waals surface area (Å²) in [5.74, 6) is -0.261. The number of amides is 1. The first-order valence-electron chi connectivity index (χ1n) is 6.31. The zero-order valence-electron chi connectivity index (χ0n) is 11.3. The lowest BCUT2D eigenvalue weighted by Crippen LogP contribution is -2.22. The molecule has 0 aliphatic rings. The van der Waals surface area contributed by atoms with Crippen LogP contribution in [0.3, 0.4) is 0 Å². The molecular weight excluding hydrogens is 286 g/mol. The van der Waals surface area contributed by atoms with Crippen LogP contribution in [-0.4, -0.2) is 23.2 Å². The molecule has 0 bridgehead atoms. The molecule has 0 aliphatic heterocycles. The number of fused-ring (bicyclic) bond motifs is 1. The molecule has 3 aromatic rings. The van der Waals surface area contributed by atoms with Gasteiger partial charge in [0.15, 0.2) is 0 Å². The van der Waals surface area contributed by atoms with Gasteiger partial charge in [0.25, 0.3) is 5.91 Å². The molecule has 0 fully saturated rings. The Balaban J connectivity index is 1.91. The topological polar surface area (TPSA) is 67.0 Å². The van der Waals surface area contributed by atoms with Gasteiger partial charge >= 0.3 is 0 Å². The summed E-state index contributed by atoms with van der Waals surface area (Å²) in [4.78, 5) is 18.5. The van der Waals surface area contributed by atoms with E-state index in [0.29, 0.717) is 5.56 Å². The van der Waals surface area contributed by atoms with Gasteiger partial charge in [0.2, 0.25) is 0 Å². The third-order valence-electron chi connectivity index (χ3n) is 2.97. The second-order valence-electron chi connectivity index (χ2n) is 4.35. The number of rotatable bonds is 4. The van der Waals surface area contributed by atoms with Crippen molar-refractivity contribution >= 4 is 28.6 Å². The van der Waals surface area contributed by atoms with E-state index in [1.165, 1.54) is 18.9 Å². The normalized spacial score (nSPS) is 10.7. The average molecular weight is 299 g/mol. The highest BCUT2D eigenvalue weighted by molar-refractivity contribution is 7.99. The summed E-state index contributed by atoms with van der Waals surface area (Å²) >= 11 is 1.52. The summed E-state index contributed by atoms with van der Waals surface area (Å²) in [5, 5.41) is 8.01. The van der Waals surface area contributed by atoms with Gasteiger partial charge in [-0.2, -0.15) is 5.10 Å². The van der Waals surface area contributed by atoms with E-state index < -0.39 is 0 Å². The van der Waals surface area contributed by atoms with Crippen LogP contribution in [0.2, 0.25) is 0 Å². The van der Waals surface area contributed by atoms with E-state index in [9.17, 15) is 4.79 Å². The standard InChI is InChI=1S/C15H13N3O2S/c1-20-18-15(19)12-4-2-3-5-14(12)21-11-7-6-10-9-16-17-13(10)8-11/h2-9H,1H3,(H,16,17)(H,18,19). The van der Waals surface area contributed by atoms with E-state index in [-0.39, 0.29) is 5.91 Å². The first kappa shape index (κ1) is 13.7. The molecule has 3 rings (SSSR count). The molecule has 0 unspecified atom stereocenters. The molecular formula is C15H13N3O2S. The molecule has 1 heterocycles. The molecule has 6 heteroatoms. The van der Waals surface area contributed by atoms with Crippen molar-refractivity contribution in [2.45, 2.75) is 9.79 Å². The molecule has 21 heavy (non-hydrogen) atoms. The van der Waals surface area contributed by atoms with Crippen LogP contribution in [0.15, 0.2) is 58.5 Å². The first-order chi connectivity index (χ1) is 10.3. The lowest BCUT2D eigenvalue weighted by Gasteiger charge is -2.08. The minimum Gasteiger partial charge on any atom is -0.278 e. The van der Waals surface area contributed by atoms with Crippen molar-refractivity contribution in [2.24, 2.45) is 0 Å². The monoisotopic (exact) mass is 299 g/mol. The van der Waals surface area contributed by atoms with Gasteiger partial charge in [-0.25, -0.2) is 5.48 Å². The maximum Gasteiger partial charge on any atom is 0.275 e. The third kappa shape index (κ3) is 2.91. The predicted octanol–water partition coefficient (Wildman–Crippen LogP) is 3.01. The van der Waals surface area contributed by atoms with Gasteiger partial charge in [-0.3, -0.25) is 14.7 Å². The number of aromatic nitrogens is 2. The first-order valence-corrected chi connectivity index (χ1v) is 7.13. The Hall–Kier alpha value is -2.31. The number of benzene rings is 2. The number of nitrogens with one attached hydrogen (secondary N) is 2. The van der Waals surface area contributed by atoms with Crippen LogP contribution in [0.25, 0.3) is 10.9 Å². The highest BCUT2D eigenvalue weighted by Gasteiger charge is 2.12. The van der Waals surface area contributed by atoms with Gasteiger partial charge in [-0.1, -0.05) is 30.0 Å². The maximum atomic E-state index is 12.0. The van der Waals surface area contributed by atoms with Crippen LogP contribution in [-0.2, 0) is 4.84 Å². The highest BCUT2D eigenvalue weighted by atomic mass is 32.2. The lowest BCUT2D eigenvalue weighted by atomic mass is 10.2. The van der Waals surface area contributed by atoms with E-state index >= 15 is 0 Å². The minimum atomic E-state index is -0.261. The van der Waals surface area contributed by atoms with Gasteiger partial charge in [0, 0.05) is 15.2 Å². The second kappa shape index (κ2) is 5.99. The van der Waals surface area contributed by atoms with Crippen LogP contribution in [0, 0.1) is 0 Å². The van der Waals surface area contributed by atoms with E-state index in [4.69, 9.17) is 0 Å². The number of hydrogen-bond acceptors (Lipinski definition) is 4. The van der Waals surface area contributed by atoms with Gasteiger partial charge < -0.3 is 0 Å². The zero-order chi connectivity index (χ0) is 14.7. The minimum absolute atomic E-state index is 0.261. The summed E-state index contributed by atoms with van der Waals surface area (Å²) in [7, 11) is 1.42. The Morgan fingerprint density at radius 2 is 2.14 bits per heavy atom. The lowest BCUT2D eigenvalue weighted by molar-refractivity contribution is 0.0534. The Bertz CT molecular complexity index is 785. The number of hydroxylamine groups is 1. The summed E-state index contributed by atoms with van der Waals surface area (Å²) in [6.45, 7) is 0. The van der Waals surface area contributed by atoms with Crippen molar-refractivity contribution in [3.8, 4) is 0 Å². The molecule has 0 atom stereocenters. The summed E-state index contributed by atoms with van der Waals surface area (Å²) < 4.78 is 0. The molecule has 0 spiro atoms. The van der Waals surface area contributed by atoms with Crippen molar-refractivity contribution in [3.63, 3.8) is 0 Å². The molecule has 2 N–H and O–H groups in total. The molecule has 0 saturated carbocycles. The smallest absolute Gasteiger partial charge is 0.275 e. The number of nitrogens with zero attached hydrogens (tertiary/aromatic N) is 1. The number of hydrogen-bond donors (Lipinski definition) is 2. The van der Waals surface area contributed by atoms with Gasteiger partial charge in [0.1, 0.15) is 0 Å². The molecule has 0 aliphatic carbocycles. The van der Waals surface area contributed by atoms with Crippen molar-refractivity contribution in [1.82, 2.24) is 15.7 Å². The van der Waals surface area contributed by atoms with E-state index in [1.807, 2.05) is 36.4 Å². The molecule has 0 saturated heterocycles. The van der Waals surface area contributed by atoms with Gasteiger partial charge in [-0.15, -0.1) is 0 Å². The fraction of sp³-hybridized carbons (Fsp3) is 0.0667. The zero-order valence-corrected chi connectivity index (χ0v) is 12.1. The van der Waals surface area contributed by atoms with E-state index in [0.717, 1.165) is 20.7 Å². The number of carbonyl (C=O) groups is 1. The number of aromatic amines is 1. The average Bonchev–Trinajstić information content (AvgIpc) is 2.95. The predicted molar refractivity (Wildman–Crippen MR) is 81.1 cm³/mol. The molecule has 106 valence electrons. The highest BCUT2D eigenvalue weighted by Crippen LogP contribution is 2.31. The van der Waals surface area contributed by atoms with Crippen molar-refractivity contribution in [1.29, 1.82) is 0 Å². The van der Waals surface area contributed by atoms with Crippen LogP contribution in [0.4, 0.5) is 0 Å². The Morgan fingerprint density at radius 3 is 3.00 bits per heavy atom. The Kier molecular flexibility index (Phi) is 3.89. The van der Waals surface area contributed by atoms with Crippen molar-refractivity contribution in [3.05, 3.63) is 54.2 Å².